The van der Waals surface area contributed by atoms with Crippen molar-refractivity contribution in [2.45, 2.75) is 26.1 Å². The molecule has 0 aliphatic heterocycles. The van der Waals surface area contributed by atoms with Gasteiger partial charge in [0.1, 0.15) is 5.76 Å². The number of benzene rings is 1. The maximum Gasteiger partial charge on any atom is 0.237 e. The first-order valence-electron chi connectivity index (χ1n) is 6.53. The minimum atomic E-state index is -0.335. The van der Waals surface area contributed by atoms with Crippen LogP contribution >= 0.6 is 23.2 Å². The fourth-order valence-corrected chi connectivity index (χ4v) is 2.39. The van der Waals surface area contributed by atoms with Crippen LogP contribution in [0.1, 0.15) is 18.2 Å². The molecule has 0 saturated heterocycles. The summed E-state index contributed by atoms with van der Waals surface area (Å²) < 4.78 is 5.15. The molecule has 0 spiro atoms. The van der Waals surface area contributed by atoms with Crippen molar-refractivity contribution in [3.8, 4) is 0 Å². The van der Waals surface area contributed by atoms with Gasteiger partial charge in [0.2, 0.25) is 5.91 Å². The molecule has 2 aromatic rings. The highest BCUT2D eigenvalue weighted by molar-refractivity contribution is 6.34. The summed E-state index contributed by atoms with van der Waals surface area (Å²) in [5.41, 5.74) is 0.929. The van der Waals surface area contributed by atoms with Gasteiger partial charge in [-0.2, -0.15) is 0 Å². The number of amides is 1. The van der Waals surface area contributed by atoms with Crippen molar-refractivity contribution in [2.75, 3.05) is 0 Å². The number of halogens is 2. The lowest BCUT2D eigenvalue weighted by molar-refractivity contribution is -0.123. The van der Waals surface area contributed by atoms with E-state index < -0.39 is 0 Å². The number of hydrogen-bond donors (Lipinski definition) is 2. The molecule has 0 aliphatic carbocycles. The van der Waals surface area contributed by atoms with E-state index in [1.54, 1.807) is 25.3 Å². The number of carbonyl (C=O) groups excluding carboxylic acids is 1. The molecule has 1 heterocycles. The van der Waals surface area contributed by atoms with Gasteiger partial charge in [-0.1, -0.05) is 23.2 Å². The molecule has 2 N–H and O–H groups in total. The smallest absolute Gasteiger partial charge is 0.237 e. The summed E-state index contributed by atoms with van der Waals surface area (Å²) in [6, 6.07) is 8.56. The van der Waals surface area contributed by atoms with Gasteiger partial charge < -0.3 is 15.1 Å². The van der Waals surface area contributed by atoms with E-state index in [9.17, 15) is 4.79 Å². The van der Waals surface area contributed by atoms with Gasteiger partial charge in [0, 0.05) is 16.6 Å². The summed E-state index contributed by atoms with van der Waals surface area (Å²) in [7, 11) is 0. The lowest BCUT2D eigenvalue weighted by Gasteiger charge is -2.14. The van der Waals surface area contributed by atoms with Gasteiger partial charge in [0.05, 0.1) is 18.8 Å². The number of nitrogens with one attached hydrogen (secondary N) is 2. The first-order valence-corrected chi connectivity index (χ1v) is 7.28. The van der Waals surface area contributed by atoms with E-state index in [1.165, 1.54) is 0 Å². The average molecular weight is 327 g/mol. The van der Waals surface area contributed by atoms with E-state index in [-0.39, 0.29) is 11.9 Å². The molecule has 4 nitrogen and oxygen atoms in total. The number of hydrogen-bond acceptors (Lipinski definition) is 3. The fraction of sp³-hybridized carbons (Fsp3) is 0.267. The first-order chi connectivity index (χ1) is 10.0. The third-order valence-electron chi connectivity index (χ3n) is 2.94. The molecule has 0 saturated carbocycles. The van der Waals surface area contributed by atoms with Crippen LogP contribution in [0.4, 0.5) is 0 Å². The Morgan fingerprint density at radius 3 is 2.57 bits per heavy atom. The summed E-state index contributed by atoms with van der Waals surface area (Å²) in [4.78, 5) is 11.9. The highest BCUT2D eigenvalue weighted by atomic mass is 35.5. The lowest BCUT2D eigenvalue weighted by atomic mass is 10.2. The van der Waals surface area contributed by atoms with Gasteiger partial charge in [-0.3, -0.25) is 4.79 Å². The van der Waals surface area contributed by atoms with Crippen LogP contribution in [-0.4, -0.2) is 11.9 Å². The Morgan fingerprint density at radius 2 is 1.95 bits per heavy atom. The van der Waals surface area contributed by atoms with Crippen molar-refractivity contribution in [2.24, 2.45) is 0 Å². The summed E-state index contributed by atoms with van der Waals surface area (Å²) >= 11 is 11.9. The van der Waals surface area contributed by atoms with E-state index in [4.69, 9.17) is 27.6 Å². The minimum absolute atomic E-state index is 0.0977. The van der Waals surface area contributed by atoms with Crippen molar-refractivity contribution < 1.29 is 9.21 Å². The predicted octanol–water partition coefficient (Wildman–Crippen LogP) is 3.38. The molecular formula is C15H16Cl2N2O2. The number of carbonyl (C=O) groups is 1. The van der Waals surface area contributed by atoms with Gasteiger partial charge in [-0.15, -0.1) is 0 Å². The molecule has 1 atom stereocenters. The molecule has 0 fully saturated rings. The van der Waals surface area contributed by atoms with Crippen LogP contribution in [0, 0.1) is 0 Å². The molecule has 21 heavy (non-hydrogen) atoms. The van der Waals surface area contributed by atoms with Crippen LogP contribution in [0.3, 0.4) is 0 Å². The fourth-order valence-electron chi connectivity index (χ4n) is 1.82. The second kappa shape index (κ2) is 7.50. The molecule has 0 radical (unpaired) electrons. The Hall–Kier alpha value is -1.49. The van der Waals surface area contributed by atoms with Gasteiger partial charge in [-0.25, -0.2) is 0 Å². The average Bonchev–Trinajstić information content (AvgIpc) is 2.94. The van der Waals surface area contributed by atoms with E-state index in [0.717, 1.165) is 11.3 Å². The molecule has 0 bridgehead atoms. The first kappa shape index (κ1) is 15.9. The zero-order chi connectivity index (χ0) is 15.2. The van der Waals surface area contributed by atoms with Crippen molar-refractivity contribution in [1.82, 2.24) is 10.6 Å². The zero-order valence-electron chi connectivity index (χ0n) is 11.5. The lowest BCUT2D eigenvalue weighted by Crippen LogP contribution is -2.41. The molecule has 2 rings (SSSR count). The van der Waals surface area contributed by atoms with Gasteiger partial charge in [-0.05, 0) is 42.8 Å². The second-order valence-corrected chi connectivity index (χ2v) is 5.55. The molecule has 1 aromatic carbocycles. The van der Waals surface area contributed by atoms with Crippen LogP contribution in [0.25, 0.3) is 0 Å². The van der Waals surface area contributed by atoms with E-state index >= 15 is 0 Å². The Bertz CT molecular complexity index is 579. The van der Waals surface area contributed by atoms with Gasteiger partial charge in [0.25, 0.3) is 0 Å². The monoisotopic (exact) mass is 326 g/mol. The van der Waals surface area contributed by atoms with Crippen LogP contribution in [0.5, 0.6) is 0 Å². The molecule has 0 aliphatic rings. The number of rotatable bonds is 6. The highest BCUT2D eigenvalue weighted by Crippen LogP contribution is 2.18. The SMILES string of the molecule is CC(NCc1cc(Cl)cc(Cl)c1)C(=O)NCc1ccco1. The molecule has 1 aromatic heterocycles. The van der Waals surface area contributed by atoms with Crippen LogP contribution < -0.4 is 10.6 Å². The van der Waals surface area contributed by atoms with Crippen LogP contribution in [0.2, 0.25) is 10.0 Å². The molecule has 1 amide bonds. The van der Waals surface area contributed by atoms with E-state index in [1.807, 2.05) is 18.2 Å². The van der Waals surface area contributed by atoms with E-state index in [2.05, 4.69) is 10.6 Å². The van der Waals surface area contributed by atoms with Gasteiger partial charge >= 0.3 is 0 Å². The van der Waals surface area contributed by atoms with Crippen LogP contribution in [-0.2, 0) is 17.9 Å². The Balaban J connectivity index is 1.80. The Morgan fingerprint density at radius 1 is 1.24 bits per heavy atom. The zero-order valence-corrected chi connectivity index (χ0v) is 13.0. The Labute approximate surface area is 133 Å². The summed E-state index contributed by atoms with van der Waals surface area (Å²) in [6.07, 6.45) is 1.58. The Kier molecular flexibility index (Phi) is 5.67. The largest absolute Gasteiger partial charge is 0.467 e. The number of furan rings is 1. The van der Waals surface area contributed by atoms with Crippen molar-refractivity contribution in [3.63, 3.8) is 0 Å². The molecule has 112 valence electrons. The summed E-state index contributed by atoms with van der Waals surface area (Å²) in [5, 5.41) is 7.08. The van der Waals surface area contributed by atoms with Crippen molar-refractivity contribution in [1.29, 1.82) is 0 Å². The topological polar surface area (TPSA) is 54.3 Å². The normalized spacial score (nSPS) is 12.1. The third kappa shape index (κ3) is 5.08. The maximum atomic E-state index is 11.9. The third-order valence-corrected chi connectivity index (χ3v) is 3.38. The standard InChI is InChI=1S/C15H16Cl2N2O2/c1-10(15(20)19-9-14-3-2-4-21-14)18-8-11-5-12(16)7-13(17)6-11/h2-7,10,18H,8-9H2,1H3,(H,19,20). The van der Waals surface area contributed by atoms with Crippen molar-refractivity contribution >= 4 is 29.1 Å². The van der Waals surface area contributed by atoms with Crippen LogP contribution in [0.15, 0.2) is 41.0 Å². The quantitative estimate of drug-likeness (QED) is 0.855. The highest BCUT2D eigenvalue weighted by Gasteiger charge is 2.12. The minimum Gasteiger partial charge on any atom is -0.467 e. The molecule has 1 unspecified atom stereocenters. The van der Waals surface area contributed by atoms with E-state index in [0.29, 0.717) is 23.1 Å². The second-order valence-electron chi connectivity index (χ2n) is 4.68. The predicted molar refractivity (Wildman–Crippen MR) is 83.3 cm³/mol. The van der Waals surface area contributed by atoms with Gasteiger partial charge in [0.15, 0.2) is 0 Å². The molecular weight excluding hydrogens is 311 g/mol. The summed E-state index contributed by atoms with van der Waals surface area (Å²) in [5.74, 6) is 0.622. The summed E-state index contributed by atoms with van der Waals surface area (Å²) in [6.45, 7) is 2.68. The maximum absolute atomic E-state index is 11.9. The molecule has 6 heteroatoms. The van der Waals surface area contributed by atoms with Crippen molar-refractivity contribution in [3.05, 3.63) is 58.0 Å².